The predicted molar refractivity (Wildman–Crippen MR) is 0 cm³/mol. The molecule has 0 aliphatic heterocycles. The van der Waals surface area contributed by atoms with Gasteiger partial charge >= 0.3 is 0 Å². The van der Waals surface area contributed by atoms with E-state index in [1.54, 1.807) is 0 Å². The zero-order valence-electron chi connectivity index (χ0n) is 1.76. The Kier molecular flexibility index (Phi) is 130. The van der Waals surface area contributed by atoms with Crippen LogP contribution in [0.3, 0.4) is 0 Å². The summed E-state index contributed by atoms with van der Waals surface area (Å²) in [5, 5.41) is 0. The van der Waals surface area contributed by atoms with Gasteiger partial charge in [0.05, 0.1) is 0 Å². The van der Waals surface area contributed by atoms with Crippen LogP contribution in [0.25, 0.3) is 0 Å². The van der Waals surface area contributed by atoms with Crippen molar-refractivity contribution in [3.05, 3.63) is 0 Å². The first-order chi connectivity index (χ1) is 0. The van der Waals surface area contributed by atoms with Crippen molar-refractivity contribution >= 4 is 0 Å². The molecule has 0 aliphatic carbocycles. The Balaban J connectivity index is 0. The van der Waals surface area contributed by atoms with Crippen LogP contribution in [0.5, 0.6) is 0 Å². The van der Waals surface area contributed by atoms with Crippen molar-refractivity contribution in [1.82, 2.24) is 0 Å². The Labute approximate surface area is 81.2 Å². The van der Waals surface area contributed by atoms with Crippen LogP contribution in [0.4, 0.5) is 0 Å². The fourth-order valence-electron chi connectivity index (χ4n) is 0. The second-order valence-electron chi connectivity index (χ2n) is 0. The molecule has 0 saturated carbocycles. The van der Waals surface area contributed by atoms with Gasteiger partial charge in [-0.2, -0.15) is 0 Å². The molecule has 0 bridgehead atoms. The van der Waals surface area contributed by atoms with E-state index in [0.29, 0.717) is 0 Å². The SMILES string of the molecule is [Mo].[Ti].[V].[W]. The first-order valence-electron chi connectivity index (χ1n) is 0. The summed E-state index contributed by atoms with van der Waals surface area (Å²) in [6.07, 6.45) is 0. The Bertz CT molecular complexity index is 8.00. The molecule has 0 atom stereocenters. The van der Waals surface area contributed by atoms with Gasteiger partial charge in [-0.25, -0.2) is 0 Å². The average molecular weight is 379 g/mol. The molecule has 21 valence electrons. The third-order valence-corrected chi connectivity index (χ3v) is 0. The summed E-state index contributed by atoms with van der Waals surface area (Å²) in [7, 11) is 0. The average Bonchev–Trinajstić information content (AvgIpc) is 0. The maximum absolute atomic E-state index is 0. The summed E-state index contributed by atoms with van der Waals surface area (Å²) in [6.45, 7) is 0. The van der Waals surface area contributed by atoms with Gasteiger partial charge in [-0.1, -0.05) is 0 Å². The van der Waals surface area contributed by atoms with Crippen LogP contribution >= 0.6 is 0 Å². The zero-order valence-corrected chi connectivity index (χ0v) is 9.66. The molecule has 0 unspecified atom stereocenters. The largest absolute Gasteiger partial charge is 0 e. The standard InChI is InChI=1S/Mo.Ti.V.W. The third kappa shape index (κ3) is 8.82. The summed E-state index contributed by atoms with van der Waals surface area (Å²) in [5.74, 6) is 0. The summed E-state index contributed by atoms with van der Waals surface area (Å²) in [4.78, 5) is 0. The van der Waals surface area contributed by atoms with Gasteiger partial charge in [0, 0.05) is 82.4 Å². The van der Waals surface area contributed by atoms with Crippen molar-refractivity contribution in [3.63, 3.8) is 0 Å². The molecule has 0 aromatic heterocycles. The Morgan fingerprint density at radius 1 is 1.00 bits per heavy atom. The van der Waals surface area contributed by atoms with Gasteiger partial charge in [0.15, 0.2) is 0 Å². The van der Waals surface area contributed by atoms with Crippen molar-refractivity contribution in [2.75, 3.05) is 0 Å². The van der Waals surface area contributed by atoms with Crippen LogP contribution in [-0.4, -0.2) is 0 Å². The van der Waals surface area contributed by atoms with E-state index in [9.17, 15) is 0 Å². The molecule has 0 spiro atoms. The third-order valence-electron chi connectivity index (χ3n) is 0. The normalized spacial score (nSPS) is 0. The van der Waals surface area contributed by atoms with Gasteiger partial charge in [-0.3, -0.25) is 0 Å². The molecule has 1 radical (unpaired) electrons. The topological polar surface area (TPSA) is 0 Å². The van der Waals surface area contributed by atoms with Crippen LogP contribution in [0.2, 0.25) is 0 Å². The fraction of sp³-hybridized carbons (Fsp3) is 0. The monoisotopic (exact) mass is 381 g/mol. The van der Waals surface area contributed by atoms with Gasteiger partial charge in [0.25, 0.3) is 0 Å². The quantitative estimate of drug-likeness (QED) is 0.520. The van der Waals surface area contributed by atoms with E-state index in [0.717, 1.165) is 0 Å². The van der Waals surface area contributed by atoms with E-state index in [2.05, 4.69) is 0 Å². The maximum Gasteiger partial charge on any atom is 0 e. The minimum atomic E-state index is 0. The zero-order chi connectivity index (χ0) is 0. The molecule has 0 heterocycles. The Hall–Kier alpha value is 2.68. The second-order valence-corrected chi connectivity index (χ2v) is 0. The van der Waals surface area contributed by atoms with Gasteiger partial charge in [0.1, 0.15) is 0 Å². The summed E-state index contributed by atoms with van der Waals surface area (Å²) in [5.41, 5.74) is 0. The van der Waals surface area contributed by atoms with Gasteiger partial charge < -0.3 is 0 Å². The van der Waals surface area contributed by atoms with Gasteiger partial charge in [-0.05, 0) is 0 Å². The molecule has 4 heteroatoms. The molecule has 0 rings (SSSR count). The molecule has 4 heavy (non-hydrogen) atoms. The minimum absolute atomic E-state index is 0. The molecule has 0 aromatic rings. The van der Waals surface area contributed by atoms with E-state index in [4.69, 9.17) is 0 Å². The van der Waals surface area contributed by atoms with E-state index in [1.807, 2.05) is 0 Å². The molecule has 0 saturated heterocycles. The summed E-state index contributed by atoms with van der Waals surface area (Å²) < 4.78 is 0. The van der Waals surface area contributed by atoms with Crippen molar-refractivity contribution in [2.45, 2.75) is 0 Å². The summed E-state index contributed by atoms with van der Waals surface area (Å²) in [6, 6.07) is 0. The molecule has 0 aromatic carbocycles. The van der Waals surface area contributed by atoms with E-state index < -0.39 is 0 Å². The molecule has 0 amide bonds. The number of hydrogen-bond acceptors (Lipinski definition) is 0. The van der Waals surface area contributed by atoms with Crippen LogP contribution in [0.15, 0.2) is 0 Å². The molecule has 0 fully saturated rings. The molecular weight excluding hydrogens is 379 g/mol. The van der Waals surface area contributed by atoms with Crippen LogP contribution in [-0.2, 0) is 82.4 Å². The first kappa shape index (κ1) is 30.0. The first-order valence-corrected chi connectivity index (χ1v) is 0. The van der Waals surface area contributed by atoms with Crippen LogP contribution in [0.1, 0.15) is 0 Å². The van der Waals surface area contributed by atoms with E-state index >= 15 is 0 Å². The Morgan fingerprint density at radius 2 is 1.00 bits per heavy atom. The molecule has 0 N–H and O–H groups in total. The Morgan fingerprint density at radius 3 is 1.00 bits per heavy atom. The molecule has 0 aliphatic rings. The van der Waals surface area contributed by atoms with Gasteiger partial charge in [0.2, 0.25) is 0 Å². The van der Waals surface area contributed by atoms with Crippen molar-refractivity contribution in [3.8, 4) is 0 Å². The van der Waals surface area contributed by atoms with Crippen molar-refractivity contribution < 1.29 is 82.4 Å². The minimum Gasteiger partial charge on any atom is 0 e. The fourth-order valence-corrected chi connectivity index (χ4v) is 0. The second kappa shape index (κ2) is 17.3. The van der Waals surface area contributed by atoms with Crippen LogP contribution in [0, 0.1) is 0 Å². The number of rotatable bonds is 0. The van der Waals surface area contributed by atoms with Crippen molar-refractivity contribution in [2.24, 2.45) is 0 Å². The van der Waals surface area contributed by atoms with Gasteiger partial charge in [-0.15, -0.1) is 0 Å². The van der Waals surface area contributed by atoms with Crippen LogP contribution < -0.4 is 0 Å². The van der Waals surface area contributed by atoms with Crippen molar-refractivity contribution in [1.29, 1.82) is 0 Å². The molecular formula is MoTiVW. The smallest absolute Gasteiger partial charge is 0 e. The summed E-state index contributed by atoms with van der Waals surface area (Å²) >= 11 is 0. The van der Waals surface area contributed by atoms with E-state index in [1.165, 1.54) is 0 Å². The maximum atomic E-state index is 0. The predicted octanol–water partition coefficient (Wildman–Crippen LogP) is -0.0100. The number of hydrogen-bond donors (Lipinski definition) is 0. The van der Waals surface area contributed by atoms with E-state index in [-0.39, 0.29) is 82.4 Å². The molecule has 0 nitrogen and oxygen atoms in total.